The van der Waals surface area contributed by atoms with Crippen LogP contribution in [0.15, 0.2) is 18.7 Å². The van der Waals surface area contributed by atoms with Crippen LogP contribution in [0.3, 0.4) is 0 Å². The minimum Gasteiger partial charge on any atom is -0.366 e. The van der Waals surface area contributed by atoms with E-state index in [-0.39, 0.29) is 16.0 Å². The second-order valence-electron chi connectivity index (χ2n) is 3.32. The van der Waals surface area contributed by atoms with E-state index in [1.54, 1.807) is 12.1 Å². The summed E-state index contributed by atoms with van der Waals surface area (Å²) in [7, 11) is 0. The monoisotopic (exact) mass is 279 g/mol. The van der Waals surface area contributed by atoms with E-state index in [9.17, 15) is 0 Å². The number of anilines is 1. The molecule has 0 aromatic carbocycles. The molecule has 2 aromatic rings. The third-order valence-corrected chi connectivity index (χ3v) is 2.60. The molecule has 0 spiro atoms. The SMILES string of the molecule is C=CCNc1nc(Cl)nc2nc(Cl)c(C#N)cc12. The largest absolute Gasteiger partial charge is 0.366 e. The molecule has 0 amide bonds. The Hall–Kier alpha value is -1.90. The topological polar surface area (TPSA) is 74.5 Å². The maximum absolute atomic E-state index is 8.92. The summed E-state index contributed by atoms with van der Waals surface area (Å²) in [6.07, 6.45) is 1.68. The summed E-state index contributed by atoms with van der Waals surface area (Å²) >= 11 is 11.6. The molecule has 18 heavy (non-hydrogen) atoms. The average Bonchev–Trinajstić information content (AvgIpc) is 2.34. The predicted molar refractivity (Wildman–Crippen MR) is 70.8 cm³/mol. The van der Waals surface area contributed by atoms with Crippen LogP contribution < -0.4 is 5.32 Å². The lowest BCUT2D eigenvalue weighted by molar-refractivity contribution is 1.15. The lowest BCUT2D eigenvalue weighted by atomic mass is 10.2. The highest BCUT2D eigenvalue weighted by Crippen LogP contribution is 2.25. The summed E-state index contributed by atoms with van der Waals surface area (Å²) in [5.74, 6) is 0.491. The van der Waals surface area contributed by atoms with E-state index < -0.39 is 0 Å². The van der Waals surface area contributed by atoms with Crippen molar-refractivity contribution < 1.29 is 0 Å². The van der Waals surface area contributed by atoms with Gasteiger partial charge in [0, 0.05) is 6.54 Å². The molecule has 90 valence electrons. The highest BCUT2D eigenvalue weighted by Gasteiger charge is 2.11. The smallest absolute Gasteiger partial charge is 0.226 e. The van der Waals surface area contributed by atoms with Gasteiger partial charge in [-0.1, -0.05) is 17.7 Å². The van der Waals surface area contributed by atoms with E-state index in [4.69, 9.17) is 28.5 Å². The molecular weight excluding hydrogens is 273 g/mol. The maximum Gasteiger partial charge on any atom is 0.226 e. The van der Waals surface area contributed by atoms with Gasteiger partial charge in [-0.3, -0.25) is 0 Å². The maximum atomic E-state index is 8.92. The first-order valence-electron chi connectivity index (χ1n) is 4.94. The van der Waals surface area contributed by atoms with Crippen molar-refractivity contribution in [1.82, 2.24) is 15.0 Å². The van der Waals surface area contributed by atoms with Crippen molar-refractivity contribution in [3.8, 4) is 6.07 Å². The quantitative estimate of drug-likeness (QED) is 0.531. The third kappa shape index (κ3) is 2.35. The second kappa shape index (κ2) is 5.17. The fourth-order valence-electron chi connectivity index (χ4n) is 1.39. The van der Waals surface area contributed by atoms with Crippen LogP contribution in [-0.4, -0.2) is 21.5 Å². The Morgan fingerprint density at radius 2 is 2.17 bits per heavy atom. The second-order valence-corrected chi connectivity index (χ2v) is 4.02. The van der Waals surface area contributed by atoms with Gasteiger partial charge in [-0.25, -0.2) is 9.97 Å². The number of nitrogens with one attached hydrogen (secondary N) is 1. The van der Waals surface area contributed by atoms with E-state index in [1.165, 1.54) is 0 Å². The zero-order chi connectivity index (χ0) is 13.1. The van der Waals surface area contributed by atoms with Gasteiger partial charge in [-0.2, -0.15) is 10.2 Å². The first-order chi connectivity index (χ1) is 8.65. The van der Waals surface area contributed by atoms with E-state index >= 15 is 0 Å². The molecule has 2 rings (SSSR count). The number of hydrogen-bond acceptors (Lipinski definition) is 5. The zero-order valence-corrected chi connectivity index (χ0v) is 10.6. The number of aromatic nitrogens is 3. The Labute approximate surface area is 113 Å². The van der Waals surface area contributed by atoms with Crippen LogP contribution >= 0.6 is 23.2 Å². The molecule has 0 radical (unpaired) electrons. The average molecular weight is 280 g/mol. The molecule has 0 atom stereocenters. The van der Waals surface area contributed by atoms with Gasteiger partial charge in [-0.05, 0) is 17.7 Å². The summed E-state index contributed by atoms with van der Waals surface area (Å²) in [6.45, 7) is 4.11. The van der Waals surface area contributed by atoms with Crippen molar-refractivity contribution in [1.29, 1.82) is 5.26 Å². The summed E-state index contributed by atoms with van der Waals surface area (Å²) < 4.78 is 0. The van der Waals surface area contributed by atoms with Crippen molar-refractivity contribution in [3.05, 3.63) is 34.7 Å². The lowest BCUT2D eigenvalue weighted by Gasteiger charge is -2.07. The van der Waals surface area contributed by atoms with Gasteiger partial charge < -0.3 is 5.32 Å². The Kier molecular flexibility index (Phi) is 3.60. The fraction of sp³-hybridized carbons (Fsp3) is 0.0909. The van der Waals surface area contributed by atoms with Gasteiger partial charge in [-0.15, -0.1) is 6.58 Å². The van der Waals surface area contributed by atoms with E-state index in [2.05, 4.69) is 26.8 Å². The molecule has 0 aliphatic carbocycles. The standard InChI is InChI=1S/C11H7Cl2N5/c1-2-3-15-9-7-4-6(5-14)8(12)16-10(7)18-11(13)17-9/h2,4H,1,3H2,(H,15,16,17,18). The molecule has 0 aliphatic rings. The number of fused-ring (bicyclic) bond motifs is 1. The molecule has 0 saturated carbocycles. The Bertz CT molecular complexity index is 663. The molecule has 5 nitrogen and oxygen atoms in total. The molecule has 0 unspecified atom stereocenters. The van der Waals surface area contributed by atoms with Gasteiger partial charge in [0.1, 0.15) is 17.0 Å². The summed E-state index contributed by atoms with van der Waals surface area (Å²) in [6, 6.07) is 3.53. The third-order valence-electron chi connectivity index (χ3n) is 2.15. The number of nitrogens with zero attached hydrogens (tertiary/aromatic N) is 4. The van der Waals surface area contributed by atoms with Gasteiger partial charge in [0.05, 0.1) is 10.9 Å². The first kappa shape index (κ1) is 12.6. The normalized spacial score (nSPS) is 10.1. The van der Waals surface area contributed by atoms with Crippen molar-refractivity contribution in [2.45, 2.75) is 0 Å². The molecule has 2 aromatic heterocycles. The van der Waals surface area contributed by atoms with Crippen LogP contribution in [0.1, 0.15) is 5.56 Å². The van der Waals surface area contributed by atoms with E-state index in [0.29, 0.717) is 23.4 Å². The predicted octanol–water partition coefficient (Wildman–Crippen LogP) is 2.80. The van der Waals surface area contributed by atoms with Crippen LogP contribution in [0.25, 0.3) is 11.0 Å². The number of nitriles is 1. The highest BCUT2D eigenvalue weighted by molar-refractivity contribution is 6.31. The highest BCUT2D eigenvalue weighted by atomic mass is 35.5. The van der Waals surface area contributed by atoms with Crippen molar-refractivity contribution in [2.75, 3.05) is 11.9 Å². The zero-order valence-electron chi connectivity index (χ0n) is 9.11. The van der Waals surface area contributed by atoms with Gasteiger partial charge >= 0.3 is 0 Å². The van der Waals surface area contributed by atoms with Crippen LogP contribution in [0.4, 0.5) is 5.82 Å². The van der Waals surface area contributed by atoms with E-state index in [1.807, 2.05) is 6.07 Å². The summed E-state index contributed by atoms with van der Waals surface area (Å²) in [5.41, 5.74) is 0.599. The van der Waals surface area contributed by atoms with Crippen molar-refractivity contribution in [3.63, 3.8) is 0 Å². The van der Waals surface area contributed by atoms with Crippen LogP contribution in [0.5, 0.6) is 0 Å². The molecular formula is C11H7Cl2N5. The molecule has 0 saturated heterocycles. The Morgan fingerprint density at radius 3 is 2.83 bits per heavy atom. The molecule has 0 aliphatic heterocycles. The molecule has 7 heteroatoms. The van der Waals surface area contributed by atoms with Crippen LogP contribution in [0, 0.1) is 11.3 Å². The van der Waals surface area contributed by atoms with E-state index in [0.717, 1.165) is 0 Å². The van der Waals surface area contributed by atoms with Crippen molar-refractivity contribution in [2.24, 2.45) is 0 Å². The van der Waals surface area contributed by atoms with Gasteiger partial charge in [0.2, 0.25) is 5.28 Å². The van der Waals surface area contributed by atoms with Gasteiger partial charge in [0.15, 0.2) is 5.65 Å². The Balaban J connectivity index is 2.69. The number of pyridine rings is 1. The molecule has 0 bridgehead atoms. The van der Waals surface area contributed by atoms with Crippen LogP contribution in [0.2, 0.25) is 10.4 Å². The summed E-state index contributed by atoms with van der Waals surface area (Å²) in [5, 5.41) is 12.7. The molecule has 2 heterocycles. The number of hydrogen-bond donors (Lipinski definition) is 1. The minimum atomic E-state index is 0.0577. The number of rotatable bonds is 3. The minimum absolute atomic E-state index is 0.0577. The molecule has 1 N–H and O–H groups in total. The first-order valence-corrected chi connectivity index (χ1v) is 5.70. The van der Waals surface area contributed by atoms with Crippen LogP contribution in [-0.2, 0) is 0 Å². The lowest BCUT2D eigenvalue weighted by Crippen LogP contribution is -2.03. The fourth-order valence-corrected chi connectivity index (χ4v) is 1.73. The number of halogens is 2. The summed E-state index contributed by atoms with van der Waals surface area (Å²) in [4.78, 5) is 12.0. The Morgan fingerprint density at radius 1 is 1.39 bits per heavy atom. The molecule has 0 fully saturated rings. The van der Waals surface area contributed by atoms with Crippen molar-refractivity contribution >= 4 is 40.1 Å². The van der Waals surface area contributed by atoms with Gasteiger partial charge in [0.25, 0.3) is 0 Å².